The number of hydrogen-bond donors (Lipinski definition) is 0. The van der Waals surface area contributed by atoms with Gasteiger partial charge in [0.15, 0.2) is 5.82 Å². The maximum atomic E-state index is 5.35. The molecule has 0 atom stereocenters. The third kappa shape index (κ3) is 5.40. The first-order chi connectivity index (χ1) is 28.0. The van der Waals surface area contributed by atoms with Gasteiger partial charge >= 0.3 is 0 Å². The lowest BCUT2D eigenvalue weighted by Gasteiger charge is -2.23. The van der Waals surface area contributed by atoms with Crippen LogP contribution in [0.4, 0.5) is 0 Å². The van der Waals surface area contributed by atoms with Gasteiger partial charge in [0.25, 0.3) is 0 Å². The Labute approximate surface area is 332 Å². The van der Waals surface area contributed by atoms with E-state index in [9.17, 15) is 0 Å². The minimum atomic E-state index is -0.0940. The van der Waals surface area contributed by atoms with Gasteiger partial charge in [0.05, 0.1) is 11.4 Å². The molecule has 10 aromatic rings. The molecular weight excluding hydrogens is 689 g/mol. The van der Waals surface area contributed by atoms with Crippen LogP contribution in [-0.4, -0.2) is 9.97 Å². The minimum Gasteiger partial charge on any atom is -0.228 e. The van der Waals surface area contributed by atoms with Gasteiger partial charge in [-0.1, -0.05) is 184 Å². The Morgan fingerprint density at radius 3 is 1.68 bits per heavy atom. The van der Waals surface area contributed by atoms with Gasteiger partial charge in [0.2, 0.25) is 0 Å². The SMILES string of the molecule is CC1(C)c2ccc(-c3ccc(-c4nc(-c5ccccc5)cc(-c5cccc(-c6cccc7ccccc67)c5)n4)c4ccccc34)cc2-c2ccc3ccccc3c21. The van der Waals surface area contributed by atoms with E-state index in [0.717, 1.165) is 39.0 Å². The molecule has 2 nitrogen and oxygen atoms in total. The van der Waals surface area contributed by atoms with Crippen LogP contribution in [0.3, 0.4) is 0 Å². The Bertz CT molecular complexity index is 3210. The summed E-state index contributed by atoms with van der Waals surface area (Å²) in [5, 5.41) is 7.40. The van der Waals surface area contributed by atoms with E-state index < -0.39 is 0 Å². The van der Waals surface area contributed by atoms with E-state index in [0.29, 0.717) is 5.82 Å². The molecule has 268 valence electrons. The second kappa shape index (κ2) is 13.0. The zero-order valence-corrected chi connectivity index (χ0v) is 31.9. The van der Waals surface area contributed by atoms with Gasteiger partial charge < -0.3 is 0 Å². The molecular formula is C55H38N2. The van der Waals surface area contributed by atoms with Crippen LogP contribution in [0.1, 0.15) is 25.0 Å². The van der Waals surface area contributed by atoms with Crippen LogP contribution in [0, 0.1) is 0 Å². The van der Waals surface area contributed by atoms with Crippen molar-refractivity contribution in [2.45, 2.75) is 19.3 Å². The Kier molecular flexibility index (Phi) is 7.55. The molecule has 1 aliphatic carbocycles. The standard InChI is InChI=1S/C55H38N2/c1-55(2)50-31-27-39(33-49(50)47-28-26-36-15-7-9-22-44(36)53(47)55)43-29-30-48(46-24-11-10-23-45(43)46)54-56-51(37-16-4-3-5-17-37)34-52(57-54)40-20-12-19-38(32-40)42-25-13-18-35-14-6-8-21-41(35)42/h3-34H,1-2H3. The lowest BCUT2D eigenvalue weighted by molar-refractivity contribution is 0.666. The van der Waals surface area contributed by atoms with Crippen molar-refractivity contribution in [3.63, 3.8) is 0 Å². The van der Waals surface area contributed by atoms with Crippen molar-refractivity contribution in [2.75, 3.05) is 0 Å². The fourth-order valence-electron chi connectivity index (χ4n) is 9.32. The molecule has 0 unspecified atom stereocenters. The number of nitrogens with zero attached hydrogens (tertiary/aromatic N) is 2. The van der Waals surface area contributed by atoms with E-state index in [1.165, 1.54) is 65.9 Å². The lowest BCUT2D eigenvalue weighted by Crippen LogP contribution is -2.15. The molecule has 0 spiro atoms. The van der Waals surface area contributed by atoms with Gasteiger partial charge in [-0.25, -0.2) is 9.97 Å². The maximum Gasteiger partial charge on any atom is 0.161 e. The first kappa shape index (κ1) is 33.2. The molecule has 0 radical (unpaired) electrons. The van der Waals surface area contributed by atoms with Gasteiger partial charge in [-0.05, 0) is 101 Å². The summed E-state index contributed by atoms with van der Waals surface area (Å²) in [7, 11) is 0. The summed E-state index contributed by atoms with van der Waals surface area (Å²) >= 11 is 0. The zero-order chi connectivity index (χ0) is 38.1. The summed E-state index contributed by atoms with van der Waals surface area (Å²) in [5.41, 5.74) is 15.0. The van der Waals surface area contributed by atoms with E-state index in [1.807, 2.05) is 6.07 Å². The predicted molar refractivity (Wildman–Crippen MR) is 239 cm³/mol. The Morgan fingerprint density at radius 1 is 0.333 bits per heavy atom. The molecule has 1 aromatic heterocycles. The van der Waals surface area contributed by atoms with Crippen molar-refractivity contribution in [3.8, 4) is 67.3 Å². The van der Waals surface area contributed by atoms with Crippen LogP contribution in [-0.2, 0) is 5.41 Å². The van der Waals surface area contributed by atoms with Crippen molar-refractivity contribution in [1.82, 2.24) is 9.97 Å². The Balaban J connectivity index is 1.06. The van der Waals surface area contributed by atoms with Crippen molar-refractivity contribution >= 4 is 32.3 Å². The average Bonchev–Trinajstić information content (AvgIpc) is 3.51. The first-order valence-corrected chi connectivity index (χ1v) is 19.7. The highest BCUT2D eigenvalue weighted by atomic mass is 14.9. The minimum absolute atomic E-state index is 0.0940. The molecule has 11 rings (SSSR count). The van der Waals surface area contributed by atoms with Crippen LogP contribution in [0.2, 0.25) is 0 Å². The Morgan fingerprint density at radius 2 is 0.877 bits per heavy atom. The molecule has 0 fully saturated rings. The topological polar surface area (TPSA) is 25.8 Å². The summed E-state index contributed by atoms with van der Waals surface area (Å²) in [6, 6.07) is 70.1. The van der Waals surface area contributed by atoms with Crippen molar-refractivity contribution in [2.24, 2.45) is 0 Å². The van der Waals surface area contributed by atoms with Gasteiger partial charge in [-0.2, -0.15) is 0 Å². The Hall–Kier alpha value is -7.16. The van der Waals surface area contributed by atoms with E-state index in [4.69, 9.17) is 9.97 Å². The molecule has 9 aromatic carbocycles. The van der Waals surface area contributed by atoms with Crippen LogP contribution < -0.4 is 0 Å². The third-order valence-corrected chi connectivity index (χ3v) is 12.1. The monoisotopic (exact) mass is 726 g/mol. The van der Waals surface area contributed by atoms with Gasteiger partial charge in [0, 0.05) is 22.1 Å². The average molecular weight is 727 g/mol. The summed E-state index contributed by atoms with van der Waals surface area (Å²) in [6.45, 7) is 4.73. The second-order valence-corrected chi connectivity index (χ2v) is 15.7. The lowest BCUT2D eigenvalue weighted by atomic mass is 9.80. The quantitative estimate of drug-likeness (QED) is 0.176. The molecule has 57 heavy (non-hydrogen) atoms. The van der Waals surface area contributed by atoms with Crippen LogP contribution in [0.25, 0.3) is 99.6 Å². The smallest absolute Gasteiger partial charge is 0.161 e. The first-order valence-electron chi connectivity index (χ1n) is 19.7. The van der Waals surface area contributed by atoms with E-state index in [2.05, 4.69) is 202 Å². The molecule has 1 heterocycles. The summed E-state index contributed by atoms with van der Waals surface area (Å²) in [4.78, 5) is 10.6. The molecule has 0 bridgehead atoms. The highest BCUT2D eigenvalue weighted by Crippen LogP contribution is 2.52. The summed E-state index contributed by atoms with van der Waals surface area (Å²) in [5.74, 6) is 0.709. The highest BCUT2D eigenvalue weighted by Gasteiger charge is 2.37. The van der Waals surface area contributed by atoms with Gasteiger partial charge in [0.1, 0.15) is 0 Å². The molecule has 0 N–H and O–H groups in total. The molecule has 0 aliphatic heterocycles. The molecule has 2 heteroatoms. The number of hydrogen-bond acceptors (Lipinski definition) is 2. The van der Waals surface area contributed by atoms with Crippen LogP contribution >= 0.6 is 0 Å². The van der Waals surface area contributed by atoms with Crippen molar-refractivity contribution in [1.29, 1.82) is 0 Å². The fourth-order valence-corrected chi connectivity index (χ4v) is 9.32. The maximum absolute atomic E-state index is 5.35. The van der Waals surface area contributed by atoms with E-state index in [-0.39, 0.29) is 5.41 Å². The number of fused-ring (bicyclic) bond motifs is 7. The summed E-state index contributed by atoms with van der Waals surface area (Å²) in [6.07, 6.45) is 0. The molecule has 0 saturated carbocycles. The van der Waals surface area contributed by atoms with Gasteiger partial charge in [-0.15, -0.1) is 0 Å². The number of aromatic nitrogens is 2. The molecule has 1 aliphatic rings. The number of rotatable bonds is 5. The predicted octanol–water partition coefficient (Wildman–Crippen LogP) is 14.6. The zero-order valence-electron chi connectivity index (χ0n) is 31.9. The van der Waals surface area contributed by atoms with Crippen LogP contribution in [0.15, 0.2) is 194 Å². The molecule has 0 saturated heterocycles. The fraction of sp³-hybridized carbons (Fsp3) is 0.0545. The van der Waals surface area contributed by atoms with Crippen LogP contribution in [0.5, 0.6) is 0 Å². The van der Waals surface area contributed by atoms with Gasteiger partial charge in [-0.3, -0.25) is 0 Å². The van der Waals surface area contributed by atoms with Crippen molar-refractivity contribution < 1.29 is 0 Å². The van der Waals surface area contributed by atoms with Crippen molar-refractivity contribution in [3.05, 3.63) is 205 Å². The molecule has 0 amide bonds. The highest BCUT2D eigenvalue weighted by molar-refractivity contribution is 6.06. The van der Waals surface area contributed by atoms with E-state index in [1.54, 1.807) is 0 Å². The van der Waals surface area contributed by atoms with E-state index >= 15 is 0 Å². The summed E-state index contributed by atoms with van der Waals surface area (Å²) < 4.78 is 0. The largest absolute Gasteiger partial charge is 0.228 e. The second-order valence-electron chi connectivity index (χ2n) is 15.7. The number of benzene rings is 9. The normalized spacial score (nSPS) is 12.9. The third-order valence-electron chi connectivity index (χ3n) is 12.1.